The summed E-state index contributed by atoms with van der Waals surface area (Å²) in [4.78, 5) is 24.8. The molecule has 0 N–H and O–H groups in total. The minimum Gasteiger partial charge on any atom is -0.465 e. The third-order valence-corrected chi connectivity index (χ3v) is 4.34. The van der Waals surface area contributed by atoms with E-state index in [2.05, 4.69) is 0 Å². The predicted molar refractivity (Wildman–Crippen MR) is 102 cm³/mol. The highest BCUT2D eigenvalue weighted by atomic mass is 35.5. The van der Waals surface area contributed by atoms with E-state index in [9.17, 15) is 9.59 Å². The van der Waals surface area contributed by atoms with Gasteiger partial charge in [0, 0.05) is 5.02 Å². The van der Waals surface area contributed by atoms with Crippen LogP contribution in [0.3, 0.4) is 0 Å². The third kappa shape index (κ3) is 4.44. The molecule has 2 aromatic rings. The SMILES string of the molecule is CCOC(=O)C(C(=O)OCC)c1cc(C)c(-c2cccc(Cl)c2)cc1C. The van der Waals surface area contributed by atoms with Gasteiger partial charge in [0.25, 0.3) is 0 Å². The van der Waals surface area contributed by atoms with E-state index in [0.29, 0.717) is 10.6 Å². The van der Waals surface area contributed by atoms with Crippen molar-refractivity contribution in [3.8, 4) is 11.1 Å². The summed E-state index contributed by atoms with van der Waals surface area (Å²) in [6, 6.07) is 11.4. The molecular formula is C21H23ClO4. The van der Waals surface area contributed by atoms with Crippen LogP contribution in [0.15, 0.2) is 36.4 Å². The second-order valence-electron chi connectivity index (χ2n) is 5.97. The number of benzene rings is 2. The summed E-state index contributed by atoms with van der Waals surface area (Å²) >= 11 is 6.10. The molecule has 0 aliphatic heterocycles. The van der Waals surface area contributed by atoms with Crippen LogP contribution in [0, 0.1) is 13.8 Å². The van der Waals surface area contributed by atoms with E-state index >= 15 is 0 Å². The van der Waals surface area contributed by atoms with Crippen LogP contribution in [0.2, 0.25) is 5.02 Å². The molecule has 0 radical (unpaired) electrons. The molecule has 138 valence electrons. The largest absolute Gasteiger partial charge is 0.465 e. The number of hydrogen-bond donors (Lipinski definition) is 0. The zero-order valence-electron chi connectivity index (χ0n) is 15.5. The average Bonchev–Trinajstić information content (AvgIpc) is 2.58. The molecule has 0 heterocycles. The minimum atomic E-state index is -1.08. The monoisotopic (exact) mass is 374 g/mol. The summed E-state index contributed by atoms with van der Waals surface area (Å²) in [6.07, 6.45) is 0. The Morgan fingerprint density at radius 3 is 2.12 bits per heavy atom. The Bertz CT molecular complexity index is 796. The molecule has 26 heavy (non-hydrogen) atoms. The molecule has 0 unspecified atom stereocenters. The number of hydrogen-bond acceptors (Lipinski definition) is 4. The van der Waals surface area contributed by atoms with Crippen LogP contribution < -0.4 is 0 Å². The first-order chi connectivity index (χ1) is 12.4. The van der Waals surface area contributed by atoms with E-state index in [1.807, 2.05) is 50.2 Å². The molecule has 0 aliphatic rings. The van der Waals surface area contributed by atoms with Gasteiger partial charge in [-0.3, -0.25) is 9.59 Å². The fourth-order valence-corrected chi connectivity index (χ4v) is 3.11. The molecule has 0 saturated carbocycles. The van der Waals surface area contributed by atoms with Gasteiger partial charge in [0.1, 0.15) is 0 Å². The fraction of sp³-hybridized carbons (Fsp3) is 0.333. The number of halogens is 1. The van der Waals surface area contributed by atoms with Gasteiger partial charge >= 0.3 is 11.9 Å². The highest BCUT2D eigenvalue weighted by molar-refractivity contribution is 6.30. The van der Waals surface area contributed by atoms with Crippen molar-refractivity contribution in [2.75, 3.05) is 13.2 Å². The second-order valence-corrected chi connectivity index (χ2v) is 6.41. The number of carbonyl (C=O) groups is 2. The maximum atomic E-state index is 12.4. The van der Waals surface area contributed by atoms with Crippen molar-refractivity contribution in [3.63, 3.8) is 0 Å². The van der Waals surface area contributed by atoms with Crippen molar-refractivity contribution in [3.05, 3.63) is 58.1 Å². The van der Waals surface area contributed by atoms with Crippen LogP contribution in [-0.4, -0.2) is 25.2 Å². The molecular weight excluding hydrogens is 352 g/mol. The fourth-order valence-electron chi connectivity index (χ4n) is 2.92. The maximum absolute atomic E-state index is 12.4. The standard InChI is InChI=1S/C21H23ClO4/c1-5-25-20(23)19(21(24)26-6-2)18-11-13(3)17(10-14(18)4)15-8-7-9-16(22)12-15/h7-12,19H,5-6H2,1-4H3. The van der Waals surface area contributed by atoms with Gasteiger partial charge in [-0.25, -0.2) is 0 Å². The first kappa shape index (κ1) is 20.0. The molecule has 0 bridgehead atoms. The van der Waals surface area contributed by atoms with Gasteiger partial charge in [-0.15, -0.1) is 0 Å². The van der Waals surface area contributed by atoms with Crippen molar-refractivity contribution in [2.24, 2.45) is 0 Å². The smallest absolute Gasteiger partial charge is 0.324 e. The predicted octanol–water partition coefficient (Wildman–Crippen LogP) is 4.83. The van der Waals surface area contributed by atoms with E-state index in [4.69, 9.17) is 21.1 Å². The second kappa shape index (κ2) is 8.86. The van der Waals surface area contributed by atoms with E-state index < -0.39 is 17.9 Å². The third-order valence-electron chi connectivity index (χ3n) is 4.10. The van der Waals surface area contributed by atoms with Crippen LogP contribution in [-0.2, 0) is 19.1 Å². The molecule has 2 rings (SSSR count). The minimum absolute atomic E-state index is 0.202. The zero-order chi connectivity index (χ0) is 19.3. The molecule has 0 fully saturated rings. The Labute approximate surface area is 159 Å². The van der Waals surface area contributed by atoms with Crippen molar-refractivity contribution < 1.29 is 19.1 Å². The molecule has 0 amide bonds. The Kier molecular flexibility index (Phi) is 6.81. The number of carbonyl (C=O) groups excluding carboxylic acids is 2. The first-order valence-electron chi connectivity index (χ1n) is 8.59. The Morgan fingerprint density at radius 2 is 1.58 bits per heavy atom. The lowest BCUT2D eigenvalue weighted by Crippen LogP contribution is -2.27. The van der Waals surface area contributed by atoms with Gasteiger partial charge in [-0.05, 0) is 67.6 Å². The average molecular weight is 375 g/mol. The molecule has 0 atom stereocenters. The lowest BCUT2D eigenvalue weighted by Gasteiger charge is -2.19. The van der Waals surface area contributed by atoms with Crippen LogP contribution in [0.1, 0.15) is 36.5 Å². The topological polar surface area (TPSA) is 52.6 Å². The number of esters is 2. The summed E-state index contributed by atoms with van der Waals surface area (Å²) in [5, 5.41) is 0.652. The van der Waals surface area contributed by atoms with Crippen LogP contribution in [0.5, 0.6) is 0 Å². The normalized spacial score (nSPS) is 10.7. The van der Waals surface area contributed by atoms with Gasteiger partial charge in [0.15, 0.2) is 5.92 Å². The molecule has 0 aliphatic carbocycles. The summed E-state index contributed by atoms with van der Waals surface area (Å²) in [6.45, 7) is 7.63. The van der Waals surface area contributed by atoms with Crippen LogP contribution in [0.25, 0.3) is 11.1 Å². The van der Waals surface area contributed by atoms with Gasteiger partial charge in [0.05, 0.1) is 13.2 Å². The van der Waals surface area contributed by atoms with E-state index in [1.54, 1.807) is 13.8 Å². The maximum Gasteiger partial charge on any atom is 0.324 e. The molecule has 0 saturated heterocycles. The Hall–Kier alpha value is -2.33. The number of ether oxygens (including phenoxy) is 2. The van der Waals surface area contributed by atoms with Crippen LogP contribution in [0.4, 0.5) is 0 Å². The lowest BCUT2D eigenvalue weighted by atomic mass is 9.89. The highest BCUT2D eigenvalue weighted by Crippen LogP contribution is 2.32. The van der Waals surface area contributed by atoms with Crippen molar-refractivity contribution in [1.29, 1.82) is 0 Å². The number of aryl methyl sites for hydroxylation is 2. The van der Waals surface area contributed by atoms with E-state index in [0.717, 1.165) is 22.3 Å². The van der Waals surface area contributed by atoms with Gasteiger partial charge in [-0.1, -0.05) is 35.9 Å². The van der Waals surface area contributed by atoms with E-state index in [1.165, 1.54) is 0 Å². The molecule has 4 nitrogen and oxygen atoms in total. The van der Waals surface area contributed by atoms with Crippen molar-refractivity contribution >= 4 is 23.5 Å². The summed E-state index contributed by atoms with van der Waals surface area (Å²) in [5.74, 6) is -2.27. The molecule has 5 heteroatoms. The summed E-state index contributed by atoms with van der Waals surface area (Å²) in [5.41, 5.74) is 4.34. The molecule has 2 aromatic carbocycles. The Morgan fingerprint density at radius 1 is 0.962 bits per heavy atom. The zero-order valence-corrected chi connectivity index (χ0v) is 16.2. The first-order valence-corrected chi connectivity index (χ1v) is 8.97. The Balaban J connectivity index is 2.52. The quantitative estimate of drug-likeness (QED) is 0.536. The highest BCUT2D eigenvalue weighted by Gasteiger charge is 2.33. The summed E-state index contributed by atoms with van der Waals surface area (Å²) < 4.78 is 10.2. The summed E-state index contributed by atoms with van der Waals surface area (Å²) in [7, 11) is 0. The van der Waals surface area contributed by atoms with E-state index in [-0.39, 0.29) is 13.2 Å². The van der Waals surface area contributed by atoms with Gasteiger partial charge in [0.2, 0.25) is 0 Å². The number of rotatable bonds is 6. The van der Waals surface area contributed by atoms with Crippen molar-refractivity contribution in [2.45, 2.75) is 33.6 Å². The van der Waals surface area contributed by atoms with Crippen LogP contribution >= 0.6 is 11.6 Å². The molecule has 0 aromatic heterocycles. The van der Waals surface area contributed by atoms with Gasteiger partial charge < -0.3 is 9.47 Å². The van der Waals surface area contributed by atoms with Gasteiger partial charge in [-0.2, -0.15) is 0 Å². The van der Waals surface area contributed by atoms with Crippen molar-refractivity contribution in [1.82, 2.24) is 0 Å². The lowest BCUT2D eigenvalue weighted by molar-refractivity contribution is -0.156. The molecule has 0 spiro atoms.